The fourth-order valence-corrected chi connectivity index (χ4v) is 3.69. The van der Waals surface area contributed by atoms with Crippen molar-refractivity contribution in [3.05, 3.63) is 40.4 Å². The zero-order valence-electron chi connectivity index (χ0n) is 14.6. The molecule has 0 atom stereocenters. The van der Waals surface area contributed by atoms with E-state index in [2.05, 4.69) is 15.0 Å². The molecule has 0 spiro atoms. The molecule has 26 heavy (non-hydrogen) atoms. The van der Waals surface area contributed by atoms with Gasteiger partial charge in [-0.2, -0.15) is 4.37 Å². The van der Waals surface area contributed by atoms with Gasteiger partial charge >= 0.3 is 0 Å². The first-order valence-electron chi connectivity index (χ1n) is 8.55. The van der Waals surface area contributed by atoms with Gasteiger partial charge in [-0.25, -0.2) is 0 Å². The molecule has 3 rings (SSSR count). The van der Waals surface area contributed by atoms with Crippen molar-refractivity contribution in [2.75, 3.05) is 12.8 Å². The summed E-state index contributed by atoms with van der Waals surface area (Å²) in [5.41, 5.74) is 7.12. The Labute approximate surface area is 156 Å². The normalized spacial score (nSPS) is 14.2. The number of hydrogen-bond donors (Lipinski definition) is 3. The maximum atomic E-state index is 12.4. The number of methoxy groups -OCH3 is 1. The van der Waals surface area contributed by atoms with Crippen LogP contribution >= 0.6 is 11.5 Å². The number of benzene rings is 1. The van der Waals surface area contributed by atoms with E-state index in [0.717, 1.165) is 48.5 Å². The number of carbonyl (C=O) groups excluding carboxylic acids is 2. The Morgan fingerprint density at radius 2 is 2.08 bits per heavy atom. The minimum absolute atomic E-state index is 0.0921. The van der Waals surface area contributed by atoms with Gasteiger partial charge < -0.3 is 21.1 Å². The number of carbonyl (C=O) groups is 2. The molecule has 4 N–H and O–H groups in total. The summed E-state index contributed by atoms with van der Waals surface area (Å²) in [7, 11) is 1.59. The van der Waals surface area contributed by atoms with Crippen molar-refractivity contribution in [1.82, 2.24) is 15.0 Å². The summed E-state index contributed by atoms with van der Waals surface area (Å²) in [6, 6.07) is 7.59. The van der Waals surface area contributed by atoms with Crippen LogP contribution in [0.2, 0.25) is 0 Å². The van der Waals surface area contributed by atoms with E-state index in [0.29, 0.717) is 11.4 Å². The van der Waals surface area contributed by atoms with Gasteiger partial charge in [0, 0.05) is 12.6 Å². The molecule has 2 aromatic rings. The van der Waals surface area contributed by atoms with Gasteiger partial charge in [-0.1, -0.05) is 25.0 Å². The average Bonchev–Trinajstić information content (AvgIpc) is 3.29. The first-order chi connectivity index (χ1) is 12.6. The third-order valence-electron chi connectivity index (χ3n) is 4.43. The van der Waals surface area contributed by atoms with Crippen LogP contribution in [0, 0.1) is 0 Å². The summed E-state index contributed by atoms with van der Waals surface area (Å²) in [6.45, 7) is 0.316. The summed E-state index contributed by atoms with van der Waals surface area (Å²) < 4.78 is 9.24. The zero-order chi connectivity index (χ0) is 18.5. The minimum atomic E-state index is -0.401. The van der Waals surface area contributed by atoms with Crippen molar-refractivity contribution in [2.45, 2.75) is 38.3 Å². The Kier molecular flexibility index (Phi) is 5.72. The molecule has 1 aliphatic carbocycles. The number of nitrogens with one attached hydrogen (secondary N) is 2. The lowest BCUT2D eigenvalue weighted by Crippen LogP contribution is -2.32. The molecule has 1 aliphatic rings. The topological polar surface area (TPSA) is 106 Å². The molecule has 1 aromatic carbocycles. The number of anilines is 1. The highest BCUT2D eigenvalue weighted by Crippen LogP contribution is 2.24. The number of amides is 2. The number of nitrogens with zero attached hydrogens (tertiary/aromatic N) is 1. The standard InChI is InChI=1S/C18H22N4O3S/c1-25-13-8-4-5-11(9-13)10-20-17(23)15-14(19)16(26-22-15)18(24)21-12-6-2-3-7-12/h4-5,8-9,12H,2-3,6-7,10,19H2,1H3,(H,20,23)(H,21,24). The second kappa shape index (κ2) is 8.18. The van der Waals surface area contributed by atoms with Crippen molar-refractivity contribution in [3.8, 4) is 5.75 Å². The van der Waals surface area contributed by atoms with Gasteiger partial charge in [-0.15, -0.1) is 0 Å². The van der Waals surface area contributed by atoms with Crippen molar-refractivity contribution in [2.24, 2.45) is 0 Å². The number of hydrogen-bond acceptors (Lipinski definition) is 6. The average molecular weight is 374 g/mol. The van der Waals surface area contributed by atoms with E-state index in [1.54, 1.807) is 7.11 Å². The Balaban J connectivity index is 1.62. The van der Waals surface area contributed by atoms with Crippen LogP contribution in [0.15, 0.2) is 24.3 Å². The molecule has 0 bridgehead atoms. The Morgan fingerprint density at radius 1 is 1.31 bits per heavy atom. The maximum Gasteiger partial charge on any atom is 0.273 e. The third kappa shape index (κ3) is 4.13. The van der Waals surface area contributed by atoms with Crippen molar-refractivity contribution in [1.29, 1.82) is 0 Å². The molecule has 0 radical (unpaired) electrons. The number of rotatable bonds is 6. The van der Waals surface area contributed by atoms with Gasteiger partial charge in [0.25, 0.3) is 11.8 Å². The van der Waals surface area contributed by atoms with Gasteiger partial charge in [-0.3, -0.25) is 9.59 Å². The van der Waals surface area contributed by atoms with E-state index in [9.17, 15) is 9.59 Å². The zero-order valence-corrected chi connectivity index (χ0v) is 15.4. The lowest BCUT2D eigenvalue weighted by Gasteiger charge is -2.10. The van der Waals surface area contributed by atoms with Gasteiger partial charge in [0.2, 0.25) is 0 Å². The fourth-order valence-electron chi connectivity index (χ4n) is 2.99. The summed E-state index contributed by atoms with van der Waals surface area (Å²) in [6.07, 6.45) is 4.22. The molecule has 8 heteroatoms. The Hall–Kier alpha value is -2.61. The molecule has 7 nitrogen and oxygen atoms in total. The van der Waals surface area contributed by atoms with Crippen LogP contribution in [0.1, 0.15) is 51.4 Å². The molecule has 1 fully saturated rings. The van der Waals surface area contributed by atoms with E-state index >= 15 is 0 Å². The number of nitrogen functional groups attached to an aromatic ring is 1. The maximum absolute atomic E-state index is 12.4. The van der Waals surface area contributed by atoms with Crippen molar-refractivity contribution in [3.63, 3.8) is 0 Å². The highest BCUT2D eigenvalue weighted by Gasteiger charge is 2.24. The van der Waals surface area contributed by atoms with E-state index in [-0.39, 0.29) is 23.3 Å². The van der Waals surface area contributed by atoms with Gasteiger partial charge in [-0.05, 0) is 42.1 Å². The van der Waals surface area contributed by atoms with Gasteiger partial charge in [0.05, 0.1) is 12.8 Å². The van der Waals surface area contributed by atoms with Crippen LogP contribution in [0.4, 0.5) is 5.69 Å². The molecule has 1 saturated carbocycles. The second-order valence-electron chi connectivity index (χ2n) is 6.26. The molecule has 2 amide bonds. The largest absolute Gasteiger partial charge is 0.497 e. The minimum Gasteiger partial charge on any atom is -0.497 e. The number of aromatic nitrogens is 1. The first-order valence-corrected chi connectivity index (χ1v) is 9.33. The highest BCUT2D eigenvalue weighted by molar-refractivity contribution is 7.09. The molecule has 138 valence electrons. The Morgan fingerprint density at radius 3 is 2.81 bits per heavy atom. The lowest BCUT2D eigenvalue weighted by molar-refractivity contribution is 0.0941. The van der Waals surface area contributed by atoms with E-state index in [4.69, 9.17) is 10.5 Å². The van der Waals surface area contributed by atoms with Crippen LogP contribution in [0.25, 0.3) is 0 Å². The van der Waals surface area contributed by atoms with E-state index in [1.165, 1.54) is 0 Å². The predicted molar refractivity (Wildman–Crippen MR) is 100 cm³/mol. The third-order valence-corrected chi connectivity index (χ3v) is 5.29. The van der Waals surface area contributed by atoms with Crippen molar-refractivity contribution < 1.29 is 14.3 Å². The second-order valence-corrected chi connectivity index (χ2v) is 7.04. The molecule has 1 aromatic heterocycles. The lowest BCUT2D eigenvalue weighted by atomic mass is 10.2. The SMILES string of the molecule is COc1cccc(CNC(=O)c2nsc(C(=O)NC3CCCC3)c2N)c1. The summed E-state index contributed by atoms with van der Waals surface area (Å²) >= 11 is 0.956. The first kappa shape index (κ1) is 18.2. The molecule has 0 saturated heterocycles. The molecule has 1 heterocycles. The van der Waals surface area contributed by atoms with E-state index < -0.39 is 5.91 Å². The van der Waals surface area contributed by atoms with Crippen molar-refractivity contribution >= 4 is 29.0 Å². The number of nitrogens with two attached hydrogens (primary N) is 1. The van der Waals surface area contributed by atoms with Gasteiger partial charge in [0.15, 0.2) is 5.69 Å². The molecular weight excluding hydrogens is 352 g/mol. The monoisotopic (exact) mass is 374 g/mol. The highest BCUT2D eigenvalue weighted by atomic mass is 32.1. The summed E-state index contributed by atoms with van der Waals surface area (Å²) in [5, 5.41) is 5.74. The van der Waals surface area contributed by atoms with E-state index in [1.807, 2.05) is 24.3 Å². The van der Waals surface area contributed by atoms with Crippen LogP contribution in [-0.4, -0.2) is 29.3 Å². The summed E-state index contributed by atoms with van der Waals surface area (Å²) in [5.74, 6) is 0.0658. The van der Waals surface area contributed by atoms with Gasteiger partial charge in [0.1, 0.15) is 10.6 Å². The Bertz CT molecular complexity index is 799. The molecule has 0 unspecified atom stereocenters. The predicted octanol–water partition coefficient (Wildman–Crippen LogP) is 2.34. The smallest absolute Gasteiger partial charge is 0.273 e. The van der Waals surface area contributed by atoms with Crippen LogP contribution in [0.3, 0.4) is 0 Å². The fraction of sp³-hybridized carbons (Fsp3) is 0.389. The van der Waals surface area contributed by atoms with Crippen LogP contribution < -0.4 is 21.1 Å². The number of ether oxygens (including phenoxy) is 1. The van der Waals surface area contributed by atoms with Crippen LogP contribution in [0.5, 0.6) is 5.75 Å². The van der Waals surface area contributed by atoms with Crippen LogP contribution in [-0.2, 0) is 6.54 Å². The quantitative estimate of drug-likeness (QED) is 0.719. The molecular formula is C18H22N4O3S. The summed E-state index contributed by atoms with van der Waals surface area (Å²) in [4.78, 5) is 25.0. The molecule has 0 aliphatic heterocycles.